The third-order valence-electron chi connectivity index (χ3n) is 5.76. The van der Waals surface area contributed by atoms with Crippen LogP contribution in [0.3, 0.4) is 0 Å². The van der Waals surface area contributed by atoms with Gasteiger partial charge in [0.15, 0.2) is 0 Å². The number of likely N-dealkylation sites (tertiary alicyclic amines) is 1. The van der Waals surface area contributed by atoms with Crippen molar-refractivity contribution in [2.45, 2.75) is 38.3 Å². The summed E-state index contributed by atoms with van der Waals surface area (Å²) in [7, 11) is 2.09. The van der Waals surface area contributed by atoms with Gasteiger partial charge in [-0.15, -0.1) is 0 Å². The molecule has 0 aliphatic carbocycles. The first-order valence-corrected chi connectivity index (χ1v) is 10.2. The van der Waals surface area contributed by atoms with Gasteiger partial charge >= 0.3 is 0 Å². The summed E-state index contributed by atoms with van der Waals surface area (Å²) in [6, 6.07) is 8.66. The molecule has 5 heteroatoms. The van der Waals surface area contributed by atoms with Crippen LogP contribution in [0.15, 0.2) is 24.3 Å². The molecule has 1 N–H and O–H groups in total. The van der Waals surface area contributed by atoms with Gasteiger partial charge in [-0.1, -0.05) is 24.6 Å². The highest BCUT2D eigenvalue weighted by Crippen LogP contribution is 2.21. The number of aliphatic hydroxyl groups is 1. The van der Waals surface area contributed by atoms with E-state index in [2.05, 4.69) is 46.0 Å². The molecule has 146 valence electrons. The number of aliphatic hydroxyl groups excluding tert-OH is 1. The van der Waals surface area contributed by atoms with Gasteiger partial charge in [0.05, 0.1) is 13.2 Å². The third kappa shape index (κ3) is 5.68. The van der Waals surface area contributed by atoms with E-state index in [-0.39, 0.29) is 12.6 Å². The van der Waals surface area contributed by atoms with Crippen LogP contribution in [0.2, 0.25) is 0 Å². The molecule has 1 aromatic rings. The van der Waals surface area contributed by atoms with Crippen molar-refractivity contribution in [1.29, 1.82) is 0 Å². The van der Waals surface area contributed by atoms with E-state index in [0.717, 1.165) is 51.5 Å². The largest absolute Gasteiger partial charge is 0.493 e. The molecular weight excluding hydrogens is 326 g/mol. The van der Waals surface area contributed by atoms with Gasteiger partial charge < -0.3 is 14.7 Å². The summed E-state index contributed by atoms with van der Waals surface area (Å²) >= 11 is 0. The van der Waals surface area contributed by atoms with Crippen LogP contribution < -0.4 is 4.74 Å². The van der Waals surface area contributed by atoms with Gasteiger partial charge in [0, 0.05) is 44.3 Å². The SMILES string of the molecule is CN1CCN(Cc2ccccc2OCCCN2CCCCC2)CC1CO. The molecule has 0 spiro atoms. The topological polar surface area (TPSA) is 39.2 Å². The maximum atomic E-state index is 9.55. The lowest BCUT2D eigenvalue weighted by molar-refractivity contribution is 0.0535. The summed E-state index contributed by atoms with van der Waals surface area (Å²) in [5, 5.41) is 9.55. The minimum atomic E-state index is 0.224. The summed E-state index contributed by atoms with van der Waals surface area (Å²) < 4.78 is 6.13. The zero-order valence-corrected chi connectivity index (χ0v) is 16.3. The molecule has 2 fully saturated rings. The van der Waals surface area contributed by atoms with E-state index >= 15 is 0 Å². The van der Waals surface area contributed by atoms with Crippen molar-refractivity contribution < 1.29 is 9.84 Å². The molecule has 1 atom stereocenters. The first-order chi connectivity index (χ1) is 12.8. The smallest absolute Gasteiger partial charge is 0.123 e. The van der Waals surface area contributed by atoms with Crippen LogP contribution in [0.25, 0.3) is 0 Å². The van der Waals surface area contributed by atoms with E-state index in [1.807, 2.05) is 0 Å². The van der Waals surface area contributed by atoms with Crippen LogP contribution in [0.5, 0.6) is 5.75 Å². The second kappa shape index (κ2) is 10.3. The van der Waals surface area contributed by atoms with Crippen LogP contribution in [-0.4, -0.2) is 85.4 Å². The number of hydrogen-bond donors (Lipinski definition) is 1. The van der Waals surface area contributed by atoms with E-state index in [1.165, 1.54) is 37.9 Å². The fourth-order valence-corrected chi connectivity index (χ4v) is 4.02. The van der Waals surface area contributed by atoms with Gasteiger partial charge in [0.25, 0.3) is 0 Å². The Bertz CT molecular complexity index is 534. The summed E-state index contributed by atoms with van der Waals surface area (Å²) in [4.78, 5) is 7.24. The molecule has 0 saturated carbocycles. The predicted molar refractivity (Wildman–Crippen MR) is 106 cm³/mol. The number of ether oxygens (including phenoxy) is 1. The second-order valence-corrected chi connectivity index (χ2v) is 7.76. The number of hydrogen-bond acceptors (Lipinski definition) is 5. The van der Waals surface area contributed by atoms with Crippen LogP contribution >= 0.6 is 0 Å². The van der Waals surface area contributed by atoms with Crippen LogP contribution in [0, 0.1) is 0 Å². The minimum Gasteiger partial charge on any atom is -0.493 e. The van der Waals surface area contributed by atoms with E-state index in [4.69, 9.17) is 4.74 Å². The summed E-state index contributed by atoms with van der Waals surface area (Å²) in [5.41, 5.74) is 1.26. The highest BCUT2D eigenvalue weighted by atomic mass is 16.5. The van der Waals surface area contributed by atoms with Gasteiger partial charge in [-0.3, -0.25) is 9.80 Å². The molecule has 0 aromatic heterocycles. The van der Waals surface area contributed by atoms with Crippen molar-refractivity contribution in [3.05, 3.63) is 29.8 Å². The Hall–Kier alpha value is -1.14. The lowest BCUT2D eigenvalue weighted by Gasteiger charge is -2.38. The molecule has 2 heterocycles. The third-order valence-corrected chi connectivity index (χ3v) is 5.76. The zero-order chi connectivity index (χ0) is 18.2. The van der Waals surface area contributed by atoms with Crippen LogP contribution in [0.4, 0.5) is 0 Å². The van der Waals surface area contributed by atoms with Gasteiger partial charge in [-0.25, -0.2) is 0 Å². The fourth-order valence-electron chi connectivity index (χ4n) is 4.02. The molecule has 1 aromatic carbocycles. The van der Waals surface area contributed by atoms with Crippen molar-refractivity contribution in [3.8, 4) is 5.75 Å². The van der Waals surface area contributed by atoms with Crippen LogP contribution in [0.1, 0.15) is 31.2 Å². The second-order valence-electron chi connectivity index (χ2n) is 7.76. The summed E-state index contributed by atoms with van der Waals surface area (Å²) in [6.45, 7) is 8.53. The first-order valence-electron chi connectivity index (χ1n) is 10.2. The molecule has 26 heavy (non-hydrogen) atoms. The van der Waals surface area contributed by atoms with Crippen molar-refractivity contribution >= 4 is 0 Å². The molecule has 2 saturated heterocycles. The lowest BCUT2D eigenvalue weighted by Crippen LogP contribution is -2.52. The highest BCUT2D eigenvalue weighted by molar-refractivity contribution is 5.33. The summed E-state index contributed by atoms with van der Waals surface area (Å²) in [5.74, 6) is 1.02. The standard InChI is InChI=1S/C21H35N3O2/c1-22-13-14-24(17-20(22)18-25)16-19-8-3-4-9-21(19)26-15-7-12-23-10-5-2-6-11-23/h3-4,8-9,20,25H,2,5-7,10-18H2,1H3. The average molecular weight is 362 g/mol. The quantitative estimate of drug-likeness (QED) is 0.718. The van der Waals surface area contributed by atoms with Gasteiger partial charge in [-0.05, 0) is 45.5 Å². The molecule has 0 amide bonds. The number of para-hydroxylation sites is 1. The minimum absolute atomic E-state index is 0.224. The van der Waals surface area contributed by atoms with E-state index < -0.39 is 0 Å². The van der Waals surface area contributed by atoms with Gasteiger partial charge in [0.2, 0.25) is 0 Å². The number of piperidine rings is 1. The maximum Gasteiger partial charge on any atom is 0.123 e. The van der Waals surface area contributed by atoms with Crippen LogP contribution in [-0.2, 0) is 6.54 Å². The van der Waals surface area contributed by atoms with E-state index in [0.29, 0.717) is 0 Å². The Morgan fingerprint density at radius 2 is 1.85 bits per heavy atom. The molecule has 2 aliphatic rings. The highest BCUT2D eigenvalue weighted by Gasteiger charge is 2.24. The number of piperazine rings is 1. The Morgan fingerprint density at radius 3 is 2.65 bits per heavy atom. The first kappa shape index (κ1) is 19.6. The van der Waals surface area contributed by atoms with E-state index in [1.54, 1.807) is 0 Å². The molecule has 0 radical (unpaired) electrons. The van der Waals surface area contributed by atoms with Crippen molar-refractivity contribution in [2.24, 2.45) is 0 Å². The zero-order valence-electron chi connectivity index (χ0n) is 16.3. The average Bonchev–Trinajstić information content (AvgIpc) is 2.68. The van der Waals surface area contributed by atoms with Gasteiger partial charge in [-0.2, -0.15) is 0 Å². The fraction of sp³-hybridized carbons (Fsp3) is 0.714. The molecule has 3 rings (SSSR count). The number of nitrogens with zero attached hydrogens (tertiary/aromatic N) is 3. The monoisotopic (exact) mass is 361 g/mol. The number of likely N-dealkylation sites (N-methyl/N-ethyl adjacent to an activating group) is 1. The Labute approximate surface area is 158 Å². The molecule has 1 unspecified atom stereocenters. The normalized spacial score (nSPS) is 23.2. The number of rotatable bonds is 8. The Balaban J connectivity index is 1.46. The van der Waals surface area contributed by atoms with Crippen molar-refractivity contribution in [1.82, 2.24) is 14.7 Å². The van der Waals surface area contributed by atoms with Gasteiger partial charge in [0.1, 0.15) is 5.75 Å². The Morgan fingerprint density at radius 1 is 1.04 bits per heavy atom. The maximum absolute atomic E-state index is 9.55. The molecular formula is C21H35N3O2. The van der Waals surface area contributed by atoms with E-state index in [9.17, 15) is 5.11 Å². The number of benzene rings is 1. The summed E-state index contributed by atoms with van der Waals surface area (Å²) in [6.07, 6.45) is 5.19. The van der Waals surface area contributed by atoms with Crippen molar-refractivity contribution in [3.63, 3.8) is 0 Å². The molecule has 5 nitrogen and oxygen atoms in total. The molecule has 0 bridgehead atoms. The molecule has 2 aliphatic heterocycles. The Kier molecular flexibility index (Phi) is 7.74. The lowest BCUT2D eigenvalue weighted by atomic mass is 10.1. The van der Waals surface area contributed by atoms with Crippen molar-refractivity contribution in [2.75, 3.05) is 59.5 Å². The predicted octanol–water partition coefficient (Wildman–Crippen LogP) is 2.05.